The van der Waals surface area contributed by atoms with Gasteiger partial charge in [0.2, 0.25) is 0 Å². The Bertz CT molecular complexity index is 436. The molecule has 0 radical (unpaired) electrons. The maximum Gasteiger partial charge on any atom is 0.0896 e. The predicted molar refractivity (Wildman–Crippen MR) is 92.7 cm³/mol. The largest absolute Gasteiger partial charge is 0.385 e. The molecule has 0 amide bonds. The van der Waals surface area contributed by atoms with E-state index in [0.29, 0.717) is 0 Å². The first-order valence-corrected chi connectivity index (χ1v) is 9.49. The molecule has 1 nitrogen and oxygen atoms in total. The van der Waals surface area contributed by atoms with Crippen molar-refractivity contribution < 1.29 is 5.11 Å². The van der Waals surface area contributed by atoms with Crippen molar-refractivity contribution in [2.24, 2.45) is 17.8 Å². The van der Waals surface area contributed by atoms with Gasteiger partial charge in [-0.05, 0) is 61.8 Å². The van der Waals surface area contributed by atoms with E-state index in [0.717, 1.165) is 36.2 Å². The lowest BCUT2D eigenvalue weighted by Crippen LogP contribution is -2.34. The van der Waals surface area contributed by atoms with Crippen molar-refractivity contribution in [3.05, 3.63) is 35.9 Å². The Morgan fingerprint density at radius 1 is 0.909 bits per heavy atom. The zero-order valence-corrected chi connectivity index (χ0v) is 14.1. The number of benzene rings is 1. The minimum atomic E-state index is -0.558. The zero-order chi connectivity index (χ0) is 15.4. The Morgan fingerprint density at radius 3 is 2.09 bits per heavy atom. The van der Waals surface area contributed by atoms with E-state index in [1.54, 1.807) is 0 Å². The summed E-state index contributed by atoms with van der Waals surface area (Å²) in [5.74, 6) is 2.81. The Kier molecular flexibility index (Phi) is 5.23. The topological polar surface area (TPSA) is 20.2 Å². The summed E-state index contributed by atoms with van der Waals surface area (Å²) in [6.45, 7) is 2.32. The molecular formula is C21H32O. The third-order valence-corrected chi connectivity index (χ3v) is 6.42. The van der Waals surface area contributed by atoms with Crippen LogP contribution in [-0.2, 0) is 5.60 Å². The first-order chi connectivity index (χ1) is 10.7. The smallest absolute Gasteiger partial charge is 0.0896 e. The SMILES string of the molecule is CCC[C@H]1CC[C@H](C2CCC(O)(c3ccccc3)CC2)CC1. The number of aliphatic hydroxyl groups is 1. The minimum absolute atomic E-state index is 0.558. The number of hydrogen-bond acceptors (Lipinski definition) is 1. The van der Waals surface area contributed by atoms with Gasteiger partial charge in [-0.15, -0.1) is 0 Å². The van der Waals surface area contributed by atoms with E-state index in [-0.39, 0.29) is 0 Å². The summed E-state index contributed by atoms with van der Waals surface area (Å²) in [5.41, 5.74) is 0.567. The van der Waals surface area contributed by atoms with Crippen molar-refractivity contribution >= 4 is 0 Å². The molecule has 0 heterocycles. The molecule has 0 atom stereocenters. The van der Waals surface area contributed by atoms with Gasteiger partial charge in [0.05, 0.1) is 5.60 Å². The molecule has 3 rings (SSSR count). The summed E-state index contributed by atoms with van der Waals surface area (Å²) < 4.78 is 0. The molecule has 0 saturated heterocycles. The predicted octanol–water partition coefficient (Wildman–Crippen LogP) is 5.67. The van der Waals surface area contributed by atoms with Crippen LogP contribution in [0, 0.1) is 17.8 Å². The van der Waals surface area contributed by atoms with Crippen molar-refractivity contribution in [2.45, 2.75) is 76.7 Å². The molecule has 2 aliphatic carbocycles. The van der Waals surface area contributed by atoms with Crippen LogP contribution in [0.5, 0.6) is 0 Å². The second-order valence-corrected chi connectivity index (χ2v) is 7.80. The van der Waals surface area contributed by atoms with Gasteiger partial charge in [-0.3, -0.25) is 0 Å². The fraction of sp³-hybridized carbons (Fsp3) is 0.714. The highest BCUT2D eigenvalue weighted by Crippen LogP contribution is 2.46. The highest BCUT2D eigenvalue weighted by molar-refractivity contribution is 5.22. The minimum Gasteiger partial charge on any atom is -0.385 e. The average molecular weight is 300 g/mol. The molecule has 1 aromatic rings. The van der Waals surface area contributed by atoms with Crippen molar-refractivity contribution in [2.75, 3.05) is 0 Å². The van der Waals surface area contributed by atoms with E-state index in [1.807, 2.05) is 18.2 Å². The van der Waals surface area contributed by atoms with E-state index < -0.39 is 5.60 Å². The van der Waals surface area contributed by atoms with Gasteiger partial charge in [0.15, 0.2) is 0 Å². The van der Waals surface area contributed by atoms with Crippen molar-refractivity contribution in [3.8, 4) is 0 Å². The summed E-state index contributed by atoms with van der Waals surface area (Å²) in [7, 11) is 0. The van der Waals surface area contributed by atoms with Gasteiger partial charge in [-0.25, -0.2) is 0 Å². The van der Waals surface area contributed by atoms with Crippen LogP contribution >= 0.6 is 0 Å². The van der Waals surface area contributed by atoms with Gasteiger partial charge in [0.1, 0.15) is 0 Å². The molecule has 1 N–H and O–H groups in total. The van der Waals surface area contributed by atoms with Gasteiger partial charge < -0.3 is 5.11 Å². The maximum absolute atomic E-state index is 11.0. The third-order valence-electron chi connectivity index (χ3n) is 6.42. The van der Waals surface area contributed by atoms with Gasteiger partial charge >= 0.3 is 0 Å². The molecule has 2 aliphatic rings. The van der Waals surface area contributed by atoms with Crippen molar-refractivity contribution in [1.29, 1.82) is 0 Å². The van der Waals surface area contributed by atoms with Gasteiger partial charge in [0.25, 0.3) is 0 Å². The number of rotatable bonds is 4. The van der Waals surface area contributed by atoms with E-state index in [1.165, 1.54) is 51.4 Å². The second-order valence-electron chi connectivity index (χ2n) is 7.80. The summed E-state index contributed by atoms with van der Waals surface area (Å²) in [6, 6.07) is 10.3. The van der Waals surface area contributed by atoms with E-state index in [4.69, 9.17) is 0 Å². The lowest BCUT2D eigenvalue weighted by molar-refractivity contribution is -0.0260. The van der Waals surface area contributed by atoms with Crippen LogP contribution in [0.4, 0.5) is 0 Å². The molecule has 0 unspecified atom stereocenters. The van der Waals surface area contributed by atoms with Gasteiger partial charge in [0, 0.05) is 0 Å². The Morgan fingerprint density at radius 2 is 1.50 bits per heavy atom. The molecule has 22 heavy (non-hydrogen) atoms. The van der Waals surface area contributed by atoms with Crippen LogP contribution in [0.15, 0.2) is 30.3 Å². The highest BCUT2D eigenvalue weighted by atomic mass is 16.3. The van der Waals surface area contributed by atoms with Gasteiger partial charge in [-0.2, -0.15) is 0 Å². The van der Waals surface area contributed by atoms with Crippen LogP contribution in [0.25, 0.3) is 0 Å². The fourth-order valence-electron chi connectivity index (χ4n) is 4.98. The first kappa shape index (κ1) is 16.1. The second kappa shape index (κ2) is 7.17. The zero-order valence-electron chi connectivity index (χ0n) is 14.1. The lowest BCUT2D eigenvalue weighted by Gasteiger charge is -2.41. The third kappa shape index (κ3) is 3.56. The highest BCUT2D eigenvalue weighted by Gasteiger charge is 2.37. The molecule has 2 fully saturated rings. The molecule has 122 valence electrons. The average Bonchev–Trinajstić information content (AvgIpc) is 2.58. The van der Waals surface area contributed by atoms with E-state index in [2.05, 4.69) is 19.1 Å². The van der Waals surface area contributed by atoms with Crippen molar-refractivity contribution in [1.82, 2.24) is 0 Å². The molecule has 0 bridgehead atoms. The quantitative estimate of drug-likeness (QED) is 0.759. The number of hydrogen-bond donors (Lipinski definition) is 1. The van der Waals surface area contributed by atoms with Crippen molar-refractivity contribution in [3.63, 3.8) is 0 Å². The summed E-state index contributed by atoms with van der Waals surface area (Å²) in [5, 5.41) is 11.0. The maximum atomic E-state index is 11.0. The van der Waals surface area contributed by atoms with Crippen LogP contribution in [0.1, 0.15) is 76.7 Å². The normalized spacial score (nSPS) is 36.2. The fourth-order valence-corrected chi connectivity index (χ4v) is 4.98. The molecule has 0 aromatic heterocycles. The Labute approximate surface area is 136 Å². The molecule has 1 aromatic carbocycles. The molecular weight excluding hydrogens is 268 g/mol. The van der Waals surface area contributed by atoms with E-state index in [9.17, 15) is 5.11 Å². The van der Waals surface area contributed by atoms with Crippen LogP contribution in [0.3, 0.4) is 0 Å². The Hall–Kier alpha value is -0.820. The summed E-state index contributed by atoms with van der Waals surface area (Å²) in [4.78, 5) is 0. The Balaban J connectivity index is 1.52. The lowest BCUT2D eigenvalue weighted by atomic mass is 9.66. The van der Waals surface area contributed by atoms with Gasteiger partial charge in [-0.1, -0.05) is 62.9 Å². The van der Waals surface area contributed by atoms with Crippen LogP contribution in [-0.4, -0.2) is 5.11 Å². The first-order valence-electron chi connectivity index (χ1n) is 9.49. The molecule has 2 saturated carbocycles. The molecule has 0 spiro atoms. The van der Waals surface area contributed by atoms with E-state index >= 15 is 0 Å². The molecule has 0 aliphatic heterocycles. The van der Waals surface area contributed by atoms with Crippen LogP contribution in [0.2, 0.25) is 0 Å². The standard InChI is InChI=1S/C21H32O/c1-2-6-17-9-11-18(12-10-17)19-13-15-21(22,16-14-19)20-7-4-3-5-8-20/h3-5,7-8,17-19,22H,2,6,9-16H2,1H3/t17-,18-,19?,21?. The summed E-state index contributed by atoms with van der Waals surface area (Å²) in [6.07, 6.45) is 12.9. The monoisotopic (exact) mass is 300 g/mol. The van der Waals surface area contributed by atoms with Crippen LogP contribution < -0.4 is 0 Å². The molecule has 1 heteroatoms. The summed E-state index contributed by atoms with van der Waals surface area (Å²) >= 11 is 0.